The maximum atomic E-state index is 11.6. The van der Waals surface area contributed by atoms with Gasteiger partial charge in [-0.25, -0.2) is 4.79 Å². The first-order valence-electron chi connectivity index (χ1n) is 6.67. The number of ether oxygens (including phenoxy) is 1. The highest BCUT2D eigenvalue weighted by atomic mass is 16.5. The SMILES string of the molecule is C=CC[C@H](NC(=O)CNC(=O)OCc1ccccc1)C(N)=O. The number of benzene rings is 1. The van der Waals surface area contributed by atoms with Crippen LogP contribution in [-0.2, 0) is 20.9 Å². The van der Waals surface area contributed by atoms with Crippen molar-refractivity contribution < 1.29 is 19.1 Å². The minimum Gasteiger partial charge on any atom is -0.445 e. The summed E-state index contributed by atoms with van der Waals surface area (Å²) in [6.07, 6.45) is 0.968. The van der Waals surface area contributed by atoms with Crippen molar-refractivity contribution in [1.29, 1.82) is 0 Å². The molecular formula is C15H19N3O4. The largest absolute Gasteiger partial charge is 0.445 e. The Bertz CT molecular complexity index is 531. The van der Waals surface area contributed by atoms with Crippen molar-refractivity contribution in [3.8, 4) is 0 Å². The standard InChI is InChI=1S/C15H19N3O4/c1-2-6-12(14(16)20)18-13(19)9-17-15(21)22-10-11-7-4-3-5-8-11/h2-5,7-8,12H,1,6,9-10H2,(H2,16,20)(H,17,21)(H,18,19)/t12-/m0/s1. The van der Waals surface area contributed by atoms with Gasteiger partial charge in [-0.3, -0.25) is 9.59 Å². The fraction of sp³-hybridized carbons (Fsp3) is 0.267. The maximum absolute atomic E-state index is 11.6. The average Bonchev–Trinajstić information content (AvgIpc) is 2.51. The molecule has 22 heavy (non-hydrogen) atoms. The van der Waals surface area contributed by atoms with Crippen LogP contribution in [0, 0.1) is 0 Å². The Hall–Kier alpha value is -2.83. The normalized spacial score (nSPS) is 11.1. The first-order chi connectivity index (χ1) is 10.5. The number of hydrogen-bond acceptors (Lipinski definition) is 4. The number of nitrogens with two attached hydrogens (primary N) is 1. The van der Waals surface area contributed by atoms with Gasteiger partial charge < -0.3 is 21.1 Å². The fourth-order valence-electron chi connectivity index (χ4n) is 1.58. The second-order valence-corrected chi connectivity index (χ2v) is 4.46. The minimum atomic E-state index is -0.841. The van der Waals surface area contributed by atoms with E-state index in [0.29, 0.717) is 0 Å². The van der Waals surface area contributed by atoms with E-state index in [0.717, 1.165) is 5.56 Å². The van der Waals surface area contributed by atoms with Crippen LogP contribution in [0.3, 0.4) is 0 Å². The number of rotatable bonds is 8. The Morgan fingerprint density at radius 3 is 2.55 bits per heavy atom. The van der Waals surface area contributed by atoms with Crippen LogP contribution < -0.4 is 16.4 Å². The summed E-state index contributed by atoms with van der Waals surface area (Å²) in [7, 11) is 0. The van der Waals surface area contributed by atoms with Crippen LogP contribution in [-0.4, -0.2) is 30.5 Å². The van der Waals surface area contributed by atoms with Crippen molar-refractivity contribution in [2.24, 2.45) is 5.73 Å². The van der Waals surface area contributed by atoms with Crippen molar-refractivity contribution in [3.63, 3.8) is 0 Å². The summed E-state index contributed by atoms with van der Waals surface area (Å²) in [5.74, 6) is -1.21. The second-order valence-electron chi connectivity index (χ2n) is 4.46. The van der Waals surface area contributed by atoms with Gasteiger partial charge in [0.05, 0.1) is 0 Å². The molecule has 1 rings (SSSR count). The molecule has 7 nitrogen and oxygen atoms in total. The van der Waals surface area contributed by atoms with Gasteiger partial charge in [-0.15, -0.1) is 6.58 Å². The highest BCUT2D eigenvalue weighted by Gasteiger charge is 2.16. The molecule has 0 saturated heterocycles. The van der Waals surface area contributed by atoms with Crippen molar-refractivity contribution in [2.45, 2.75) is 19.1 Å². The van der Waals surface area contributed by atoms with E-state index in [1.807, 2.05) is 30.3 Å². The quantitative estimate of drug-likeness (QED) is 0.606. The van der Waals surface area contributed by atoms with E-state index in [1.165, 1.54) is 6.08 Å². The van der Waals surface area contributed by atoms with Crippen LogP contribution in [0.25, 0.3) is 0 Å². The molecule has 1 aromatic carbocycles. The molecule has 0 bridgehead atoms. The smallest absolute Gasteiger partial charge is 0.407 e. The van der Waals surface area contributed by atoms with Crippen molar-refractivity contribution >= 4 is 17.9 Å². The van der Waals surface area contributed by atoms with E-state index in [2.05, 4.69) is 17.2 Å². The lowest BCUT2D eigenvalue weighted by Crippen LogP contribution is -2.47. The van der Waals surface area contributed by atoms with Crippen molar-refractivity contribution in [1.82, 2.24) is 10.6 Å². The van der Waals surface area contributed by atoms with E-state index in [4.69, 9.17) is 10.5 Å². The zero-order valence-electron chi connectivity index (χ0n) is 12.1. The molecule has 118 valence electrons. The predicted octanol–water partition coefficient (Wildman–Crippen LogP) is 0.459. The lowest BCUT2D eigenvalue weighted by atomic mass is 10.2. The summed E-state index contributed by atoms with van der Waals surface area (Å²) in [5.41, 5.74) is 5.96. The molecule has 7 heteroatoms. The van der Waals surface area contributed by atoms with E-state index < -0.39 is 23.9 Å². The van der Waals surface area contributed by atoms with Crippen LogP contribution in [0.2, 0.25) is 0 Å². The zero-order chi connectivity index (χ0) is 16.4. The molecule has 0 spiro atoms. The monoisotopic (exact) mass is 305 g/mol. The van der Waals surface area contributed by atoms with Crippen LogP contribution in [0.5, 0.6) is 0 Å². The Morgan fingerprint density at radius 1 is 1.27 bits per heavy atom. The van der Waals surface area contributed by atoms with Crippen LogP contribution in [0.15, 0.2) is 43.0 Å². The van der Waals surface area contributed by atoms with Gasteiger partial charge >= 0.3 is 6.09 Å². The molecule has 0 radical (unpaired) electrons. The summed E-state index contributed by atoms with van der Waals surface area (Å²) in [4.78, 5) is 34.1. The number of carbonyl (C=O) groups excluding carboxylic acids is 3. The predicted molar refractivity (Wildman–Crippen MR) is 80.6 cm³/mol. The number of alkyl carbamates (subject to hydrolysis) is 1. The summed E-state index contributed by atoms with van der Waals surface area (Å²) in [6.45, 7) is 3.26. The molecule has 0 unspecified atom stereocenters. The molecule has 0 saturated carbocycles. The average molecular weight is 305 g/mol. The number of nitrogens with one attached hydrogen (secondary N) is 2. The summed E-state index contributed by atoms with van der Waals surface area (Å²) in [5, 5.41) is 4.68. The molecule has 0 fully saturated rings. The van der Waals surface area contributed by atoms with Gasteiger partial charge in [0.15, 0.2) is 0 Å². The van der Waals surface area contributed by atoms with E-state index in [9.17, 15) is 14.4 Å². The van der Waals surface area contributed by atoms with E-state index in [1.54, 1.807) is 0 Å². The molecule has 4 N–H and O–H groups in total. The summed E-state index contributed by atoms with van der Waals surface area (Å²) in [6, 6.07) is 8.29. The molecule has 0 aliphatic rings. The number of primary amides is 1. The van der Waals surface area contributed by atoms with Crippen LogP contribution in [0.4, 0.5) is 4.79 Å². The van der Waals surface area contributed by atoms with Crippen molar-refractivity contribution in [2.75, 3.05) is 6.54 Å². The lowest BCUT2D eigenvalue weighted by molar-refractivity contribution is -0.126. The molecule has 1 aromatic rings. The van der Waals surface area contributed by atoms with Gasteiger partial charge in [-0.2, -0.15) is 0 Å². The Kier molecular flexibility index (Phi) is 7.18. The third kappa shape index (κ3) is 6.56. The summed E-state index contributed by atoms with van der Waals surface area (Å²) < 4.78 is 4.94. The molecule has 0 heterocycles. The van der Waals surface area contributed by atoms with Gasteiger partial charge in [-0.1, -0.05) is 36.4 Å². The fourth-order valence-corrected chi connectivity index (χ4v) is 1.58. The Morgan fingerprint density at radius 2 is 1.95 bits per heavy atom. The number of hydrogen-bond donors (Lipinski definition) is 3. The highest BCUT2D eigenvalue weighted by molar-refractivity contribution is 5.88. The first kappa shape index (κ1) is 17.2. The molecular weight excluding hydrogens is 286 g/mol. The summed E-state index contributed by atoms with van der Waals surface area (Å²) >= 11 is 0. The Balaban J connectivity index is 2.29. The topological polar surface area (TPSA) is 111 Å². The zero-order valence-corrected chi connectivity index (χ0v) is 12.1. The van der Waals surface area contributed by atoms with Gasteiger partial charge in [-0.05, 0) is 12.0 Å². The lowest BCUT2D eigenvalue weighted by Gasteiger charge is -2.13. The minimum absolute atomic E-state index is 0.106. The molecule has 0 aliphatic heterocycles. The first-order valence-corrected chi connectivity index (χ1v) is 6.67. The molecule has 0 aliphatic carbocycles. The van der Waals surface area contributed by atoms with E-state index >= 15 is 0 Å². The van der Waals surface area contributed by atoms with Gasteiger partial charge in [0.25, 0.3) is 0 Å². The van der Waals surface area contributed by atoms with Gasteiger partial charge in [0.1, 0.15) is 19.2 Å². The second kappa shape index (κ2) is 9.17. The highest BCUT2D eigenvalue weighted by Crippen LogP contribution is 2.00. The van der Waals surface area contributed by atoms with Gasteiger partial charge in [0, 0.05) is 0 Å². The van der Waals surface area contributed by atoms with Crippen LogP contribution >= 0.6 is 0 Å². The number of amides is 3. The maximum Gasteiger partial charge on any atom is 0.407 e. The third-order valence-corrected chi connectivity index (χ3v) is 2.69. The van der Waals surface area contributed by atoms with Crippen molar-refractivity contribution in [3.05, 3.63) is 48.6 Å². The van der Waals surface area contributed by atoms with E-state index in [-0.39, 0.29) is 19.6 Å². The van der Waals surface area contributed by atoms with Gasteiger partial charge in [0.2, 0.25) is 11.8 Å². The van der Waals surface area contributed by atoms with Crippen LogP contribution in [0.1, 0.15) is 12.0 Å². The molecule has 0 aromatic heterocycles. The molecule has 3 amide bonds. The Labute approximate surface area is 128 Å². The molecule has 1 atom stereocenters. The third-order valence-electron chi connectivity index (χ3n) is 2.69. The number of carbonyl (C=O) groups is 3.